The third kappa shape index (κ3) is 4.30. The summed E-state index contributed by atoms with van der Waals surface area (Å²) in [6.45, 7) is 0.964. The number of amides is 2. The van der Waals surface area contributed by atoms with Gasteiger partial charge in [-0.3, -0.25) is 14.4 Å². The summed E-state index contributed by atoms with van der Waals surface area (Å²) in [5, 5.41) is 11.6. The van der Waals surface area contributed by atoms with Gasteiger partial charge in [0, 0.05) is 19.5 Å². The maximum Gasteiger partial charge on any atom is 0.307 e. The Hall–Kier alpha value is -2.37. The first-order valence-electron chi connectivity index (χ1n) is 6.89. The third-order valence-electron chi connectivity index (χ3n) is 3.44. The summed E-state index contributed by atoms with van der Waals surface area (Å²) in [6.07, 6.45) is 1.24. The molecule has 6 nitrogen and oxygen atoms in total. The second-order valence-electron chi connectivity index (χ2n) is 5.03. The zero-order valence-electron chi connectivity index (χ0n) is 11.7. The van der Waals surface area contributed by atoms with Crippen LogP contribution < -0.4 is 5.32 Å². The van der Waals surface area contributed by atoms with Gasteiger partial charge in [-0.2, -0.15) is 0 Å². The Bertz CT molecular complexity index is 556. The van der Waals surface area contributed by atoms with Gasteiger partial charge < -0.3 is 15.3 Å². The Morgan fingerprint density at radius 3 is 2.57 bits per heavy atom. The van der Waals surface area contributed by atoms with Crippen LogP contribution in [0.15, 0.2) is 24.3 Å². The van der Waals surface area contributed by atoms with Gasteiger partial charge in [-0.05, 0) is 17.5 Å². The summed E-state index contributed by atoms with van der Waals surface area (Å²) in [6, 6.07) is 7.10. The van der Waals surface area contributed by atoms with E-state index in [2.05, 4.69) is 5.32 Å². The maximum absolute atomic E-state index is 11.8. The lowest BCUT2D eigenvalue weighted by molar-refractivity contribution is -0.136. The highest BCUT2D eigenvalue weighted by Gasteiger charge is 2.22. The minimum absolute atomic E-state index is 0.0106. The zero-order chi connectivity index (χ0) is 15.2. The monoisotopic (exact) mass is 290 g/mol. The number of rotatable bonds is 6. The molecular formula is C15H18N2O4. The Labute approximate surface area is 122 Å². The van der Waals surface area contributed by atoms with Gasteiger partial charge in [-0.1, -0.05) is 24.3 Å². The van der Waals surface area contributed by atoms with Crippen LogP contribution in [0, 0.1) is 0 Å². The summed E-state index contributed by atoms with van der Waals surface area (Å²) in [5.41, 5.74) is 1.46. The molecule has 0 saturated carbocycles. The van der Waals surface area contributed by atoms with Crippen molar-refractivity contribution in [1.29, 1.82) is 0 Å². The number of likely N-dealkylation sites (tertiary alicyclic amines) is 1. The molecule has 0 aliphatic carbocycles. The number of benzene rings is 1. The number of carboxylic acid groups (broad SMARTS) is 1. The lowest BCUT2D eigenvalue weighted by Crippen LogP contribution is -2.37. The van der Waals surface area contributed by atoms with Gasteiger partial charge in [0.05, 0.1) is 13.0 Å². The fourth-order valence-corrected chi connectivity index (χ4v) is 2.36. The van der Waals surface area contributed by atoms with Crippen molar-refractivity contribution in [3.05, 3.63) is 35.4 Å². The van der Waals surface area contributed by atoms with Gasteiger partial charge in [-0.25, -0.2) is 0 Å². The van der Waals surface area contributed by atoms with E-state index in [1.165, 1.54) is 0 Å². The predicted octanol–water partition coefficient (Wildman–Crippen LogP) is 0.552. The summed E-state index contributed by atoms with van der Waals surface area (Å²) in [7, 11) is 0. The highest BCUT2D eigenvalue weighted by Crippen LogP contribution is 2.10. The van der Waals surface area contributed by atoms with Crippen molar-refractivity contribution < 1.29 is 19.5 Å². The molecule has 1 aromatic carbocycles. The maximum atomic E-state index is 11.8. The molecule has 1 aliphatic rings. The normalized spacial score (nSPS) is 14.3. The molecule has 1 aliphatic heterocycles. The van der Waals surface area contributed by atoms with E-state index in [0.717, 1.165) is 12.0 Å². The molecule has 2 N–H and O–H groups in total. The van der Waals surface area contributed by atoms with E-state index in [1.807, 2.05) is 0 Å². The fraction of sp³-hybridized carbons (Fsp3) is 0.400. The van der Waals surface area contributed by atoms with E-state index >= 15 is 0 Å². The molecule has 1 saturated heterocycles. The van der Waals surface area contributed by atoms with Crippen LogP contribution in [0.5, 0.6) is 0 Å². The molecule has 0 atom stereocenters. The predicted molar refractivity (Wildman–Crippen MR) is 75.4 cm³/mol. The Balaban J connectivity index is 1.89. The van der Waals surface area contributed by atoms with Crippen LogP contribution in [0.4, 0.5) is 0 Å². The molecule has 2 rings (SSSR count). The quantitative estimate of drug-likeness (QED) is 0.801. The summed E-state index contributed by atoms with van der Waals surface area (Å²) in [4.78, 5) is 35.6. The van der Waals surface area contributed by atoms with Crippen LogP contribution in [0.3, 0.4) is 0 Å². The number of nitrogens with zero attached hydrogens (tertiary/aromatic N) is 1. The first-order valence-corrected chi connectivity index (χ1v) is 6.89. The highest BCUT2D eigenvalue weighted by molar-refractivity contribution is 5.85. The van der Waals surface area contributed by atoms with E-state index in [0.29, 0.717) is 18.5 Å². The molecule has 112 valence electrons. The van der Waals surface area contributed by atoms with Gasteiger partial charge in [0.25, 0.3) is 0 Å². The van der Waals surface area contributed by atoms with Crippen LogP contribution in [-0.4, -0.2) is 40.9 Å². The number of hydrogen-bond acceptors (Lipinski definition) is 3. The van der Waals surface area contributed by atoms with Gasteiger partial charge in [0.15, 0.2) is 0 Å². The third-order valence-corrected chi connectivity index (χ3v) is 3.44. The van der Waals surface area contributed by atoms with Crippen LogP contribution in [0.25, 0.3) is 0 Å². The van der Waals surface area contributed by atoms with Crippen molar-refractivity contribution >= 4 is 17.8 Å². The largest absolute Gasteiger partial charge is 0.481 e. The minimum atomic E-state index is -0.906. The lowest BCUT2D eigenvalue weighted by Gasteiger charge is -2.15. The van der Waals surface area contributed by atoms with Crippen LogP contribution >= 0.6 is 0 Å². The topological polar surface area (TPSA) is 86.7 Å². The Morgan fingerprint density at radius 1 is 1.24 bits per heavy atom. The molecule has 1 aromatic rings. The molecule has 2 amide bonds. The SMILES string of the molecule is O=C(O)Cc1ccccc1CNC(=O)CN1CCCC1=O. The molecule has 0 bridgehead atoms. The molecular weight excluding hydrogens is 272 g/mol. The summed E-state index contributed by atoms with van der Waals surface area (Å²) in [5.74, 6) is -1.12. The van der Waals surface area contributed by atoms with Gasteiger partial charge in [0.2, 0.25) is 11.8 Å². The van der Waals surface area contributed by atoms with E-state index < -0.39 is 5.97 Å². The van der Waals surface area contributed by atoms with Crippen molar-refractivity contribution in [3.63, 3.8) is 0 Å². The van der Waals surface area contributed by atoms with Gasteiger partial charge >= 0.3 is 5.97 Å². The Kier molecular flexibility index (Phi) is 4.92. The summed E-state index contributed by atoms with van der Waals surface area (Å²) >= 11 is 0. The second-order valence-corrected chi connectivity index (χ2v) is 5.03. The smallest absolute Gasteiger partial charge is 0.307 e. The number of carboxylic acids is 1. The van der Waals surface area contributed by atoms with Crippen molar-refractivity contribution in [1.82, 2.24) is 10.2 Å². The van der Waals surface area contributed by atoms with Crippen molar-refractivity contribution in [3.8, 4) is 0 Å². The number of aliphatic carboxylic acids is 1. The van der Waals surface area contributed by atoms with Gasteiger partial charge in [-0.15, -0.1) is 0 Å². The van der Waals surface area contributed by atoms with Crippen LogP contribution in [0.1, 0.15) is 24.0 Å². The number of carbonyl (C=O) groups is 3. The molecule has 0 unspecified atom stereocenters. The fourth-order valence-electron chi connectivity index (χ4n) is 2.36. The molecule has 1 fully saturated rings. The average Bonchev–Trinajstić information content (AvgIpc) is 2.83. The van der Waals surface area contributed by atoms with Crippen molar-refractivity contribution in [2.45, 2.75) is 25.8 Å². The molecule has 0 spiro atoms. The molecule has 6 heteroatoms. The average molecular weight is 290 g/mol. The number of carbonyl (C=O) groups excluding carboxylic acids is 2. The lowest BCUT2D eigenvalue weighted by atomic mass is 10.0. The van der Waals surface area contributed by atoms with E-state index in [9.17, 15) is 14.4 Å². The molecule has 1 heterocycles. The van der Waals surface area contributed by atoms with E-state index in [-0.39, 0.29) is 31.3 Å². The van der Waals surface area contributed by atoms with Gasteiger partial charge in [0.1, 0.15) is 0 Å². The Morgan fingerprint density at radius 2 is 1.95 bits per heavy atom. The second kappa shape index (κ2) is 6.88. The first kappa shape index (κ1) is 15.0. The number of hydrogen-bond donors (Lipinski definition) is 2. The first-order chi connectivity index (χ1) is 10.1. The zero-order valence-corrected chi connectivity index (χ0v) is 11.7. The standard InChI is InChI=1S/C15H18N2O4/c18-13(10-17-7-3-6-14(17)19)16-9-12-5-2-1-4-11(12)8-15(20)21/h1-2,4-5H,3,6-10H2,(H,16,18)(H,20,21). The molecule has 0 aromatic heterocycles. The number of nitrogens with one attached hydrogen (secondary N) is 1. The molecule has 21 heavy (non-hydrogen) atoms. The van der Waals surface area contributed by atoms with Crippen LogP contribution in [-0.2, 0) is 27.3 Å². The summed E-state index contributed by atoms with van der Waals surface area (Å²) < 4.78 is 0. The van der Waals surface area contributed by atoms with Crippen molar-refractivity contribution in [2.24, 2.45) is 0 Å². The minimum Gasteiger partial charge on any atom is -0.481 e. The van der Waals surface area contributed by atoms with E-state index in [4.69, 9.17) is 5.11 Å². The highest BCUT2D eigenvalue weighted by atomic mass is 16.4. The van der Waals surface area contributed by atoms with Crippen molar-refractivity contribution in [2.75, 3.05) is 13.1 Å². The molecule has 0 radical (unpaired) electrons. The van der Waals surface area contributed by atoms with E-state index in [1.54, 1.807) is 29.2 Å². The van der Waals surface area contributed by atoms with Crippen LogP contribution in [0.2, 0.25) is 0 Å².